The van der Waals surface area contributed by atoms with Gasteiger partial charge in [0.15, 0.2) is 0 Å². The van der Waals surface area contributed by atoms with Crippen LogP contribution in [0.5, 0.6) is 0 Å². The van der Waals surface area contributed by atoms with Crippen LogP contribution in [0.3, 0.4) is 0 Å². The fourth-order valence-corrected chi connectivity index (χ4v) is 3.74. The average Bonchev–Trinajstić information content (AvgIpc) is 2.67. The van der Waals surface area contributed by atoms with Gasteiger partial charge in [0, 0.05) is 22.3 Å². The van der Waals surface area contributed by atoms with Crippen LogP contribution in [-0.4, -0.2) is 30.6 Å². The normalized spacial score (nSPS) is 18.4. The largest absolute Gasteiger partial charge is 0.310 e. The second-order valence-corrected chi connectivity index (χ2v) is 6.90. The summed E-state index contributed by atoms with van der Waals surface area (Å²) in [7, 11) is 0. The first kappa shape index (κ1) is 14.0. The van der Waals surface area contributed by atoms with E-state index < -0.39 is 0 Å². The topological polar surface area (TPSA) is 15.3 Å². The molecule has 1 saturated heterocycles. The van der Waals surface area contributed by atoms with Gasteiger partial charge in [0.1, 0.15) is 0 Å². The van der Waals surface area contributed by atoms with Gasteiger partial charge in [-0.1, -0.05) is 6.92 Å². The molecule has 0 atom stereocenters. The Hall–Kier alpha value is -0.380. The van der Waals surface area contributed by atoms with Crippen LogP contribution in [0.25, 0.3) is 0 Å². The van der Waals surface area contributed by atoms with Crippen LogP contribution in [0, 0.1) is 13.8 Å². The Balaban J connectivity index is 1.74. The van der Waals surface area contributed by atoms with Crippen LogP contribution >= 0.6 is 11.3 Å². The quantitative estimate of drug-likeness (QED) is 0.879. The zero-order valence-electron chi connectivity index (χ0n) is 12.0. The van der Waals surface area contributed by atoms with Gasteiger partial charge in [-0.25, -0.2) is 0 Å². The highest BCUT2D eigenvalue weighted by Crippen LogP contribution is 2.21. The number of likely N-dealkylation sites (tertiary alicyclic amines) is 1. The van der Waals surface area contributed by atoms with E-state index in [0.29, 0.717) is 0 Å². The molecule has 0 saturated carbocycles. The third kappa shape index (κ3) is 3.81. The molecule has 2 rings (SSSR count). The molecule has 0 radical (unpaired) electrons. The van der Waals surface area contributed by atoms with Gasteiger partial charge in [-0.2, -0.15) is 0 Å². The number of thiophene rings is 1. The summed E-state index contributed by atoms with van der Waals surface area (Å²) in [5, 5.41) is 3.73. The molecule has 0 bridgehead atoms. The van der Waals surface area contributed by atoms with Gasteiger partial charge in [-0.05, 0) is 64.4 Å². The summed E-state index contributed by atoms with van der Waals surface area (Å²) in [6.45, 7) is 11.6. The van der Waals surface area contributed by atoms with Crippen molar-refractivity contribution in [1.29, 1.82) is 0 Å². The molecule has 1 aromatic rings. The van der Waals surface area contributed by atoms with Gasteiger partial charge < -0.3 is 10.2 Å². The van der Waals surface area contributed by atoms with E-state index in [1.165, 1.54) is 54.2 Å². The molecule has 1 N–H and O–H groups in total. The zero-order valence-corrected chi connectivity index (χ0v) is 12.8. The SMILES string of the molecule is CCCN1CCC(NCc2cc(C)sc2C)CC1. The summed E-state index contributed by atoms with van der Waals surface area (Å²) < 4.78 is 0. The Morgan fingerprint density at radius 3 is 2.61 bits per heavy atom. The lowest BCUT2D eigenvalue weighted by atomic mass is 10.0. The lowest BCUT2D eigenvalue weighted by molar-refractivity contribution is 0.197. The minimum absolute atomic E-state index is 0.720. The van der Waals surface area contributed by atoms with Crippen LogP contribution in [0.1, 0.15) is 41.5 Å². The molecule has 0 aromatic carbocycles. The monoisotopic (exact) mass is 266 g/mol. The lowest BCUT2D eigenvalue weighted by Crippen LogP contribution is -2.42. The Morgan fingerprint density at radius 2 is 2.06 bits per heavy atom. The van der Waals surface area contributed by atoms with Crippen LogP contribution in [-0.2, 0) is 6.54 Å². The van der Waals surface area contributed by atoms with Crippen LogP contribution in [0.15, 0.2) is 6.07 Å². The van der Waals surface area contributed by atoms with Crippen LogP contribution in [0.4, 0.5) is 0 Å². The Labute approximate surface area is 115 Å². The van der Waals surface area contributed by atoms with Gasteiger partial charge in [0.05, 0.1) is 0 Å². The number of rotatable bonds is 5. The number of hydrogen-bond donors (Lipinski definition) is 1. The summed E-state index contributed by atoms with van der Waals surface area (Å²) in [5.74, 6) is 0. The molecular weight excluding hydrogens is 240 g/mol. The molecule has 3 heteroatoms. The maximum absolute atomic E-state index is 3.73. The number of nitrogens with zero attached hydrogens (tertiary/aromatic N) is 1. The van der Waals surface area contributed by atoms with Crippen molar-refractivity contribution in [1.82, 2.24) is 10.2 Å². The molecule has 0 spiro atoms. The molecule has 0 amide bonds. The van der Waals surface area contributed by atoms with Crippen molar-refractivity contribution >= 4 is 11.3 Å². The molecule has 0 aliphatic carbocycles. The average molecular weight is 266 g/mol. The Kier molecular flexibility index (Phi) is 5.22. The van der Waals surface area contributed by atoms with E-state index in [2.05, 4.69) is 37.1 Å². The minimum atomic E-state index is 0.720. The van der Waals surface area contributed by atoms with Gasteiger partial charge >= 0.3 is 0 Å². The van der Waals surface area contributed by atoms with E-state index in [9.17, 15) is 0 Å². The predicted molar refractivity (Wildman–Crippen MR) is 80.4 cm³/mol. The summed E-state index contributed by atoms with van der Waals surface area (Å²) in [6, 6.07) is 3.05. The van der Waals surface area contributed by atoms with Crippen molar-refractivity contribution in [2.75, 3.05) is 19.6 Å². The van der Waals surface area contributed by atoms with Gasteiger partial charge in [-0.15, -0.1) is 11.3 Å². The van der Waals surface area contributed by atoms with Gasteiger partial charge in [-0.3, -0.25) is 0 Å². The summed E-state index contributed by atoms with van der Waals surface area (Å²) in [4.78, 5) is 5.50. The maximum atomic E-state index is 3.73. The first-order valence-electron chi connectivity index (χ1n) is 7.20. The van der Waals surface area contributed by atoms with Crippen molar-refractivity contribution < 1.29 is 0 Å². The maximum Gasteiger partial charge on any atom is 0.0219 e. The van der Waals surface area contributed by atoms with Gasteiger partial charge in [0.2, 0.25) is 0 Å². The molecule has 102 valence electrons. The number of aryl methyl sites for hydroxylation is 2. The Morgan fingerprint density at radius 1 is 1.33 bits per heavy atom. The number of nitrogens with one attached hydrogen (secondary N) is 1. The van der Waals surface area contributed by atoms with E-state index in [0.717, 1.165) is 12.6 Å². The highest BCUT2D eigenvalue weighted by Gasteiger charge is 2.18. The minimum Gasteiger partial charge on any atom is -0.310 e. The number of hydrogen-bond acceptors (Lipinski definition) is 3. The highest BCUT2D eigenvalue weighted by molar-refractivity contribution is 7.12. The van der Waals surface area contributed by atoms with E-state index in [-0.39, 0.29) is 0 Å². The molecule has 1 aliphatic heterocycles. The van der Waals surface area contributed by atoms with Crippen molar-refractivity contribution in [2.45, 2.75) is 52.6 Å². The Bertz CT molecular complexity index is 365. The standard InChI is InChI=1S/C15H26N2S/c1-4-7-17-8-5-15(6-9-17)16-11-14-10-12(2)18-13(14)3/h10,15-16H,4-9,11H2,1-3H3. The predicted octanol–water partition coefficient (Wildman–Crippen LogP) is 3.33. The first-order valence-corrected chi connectivity index (χ1v) is 8.02. The first-order chi connectivity index (χ1) is 8.69. The van der Waals surface area contributed by atoms with Crippen molar-refractivity contribution in [3.05, 3.63) is 21.4 Å². The van der Waals surface area contributed by atoms with Crippen LogP contribution < -0.4 is 5.32 Å². The third-order valence-corrected chi connectivity index (χ3v) is 4.86. The molecule has 2 heterocycles. The van der Waals surface area contributed by atoms with Crippen molar-refractivity contribution in [3.8, 4) is 0 Å². The van der Waals surface area contributed by atoms with Crippen molar-refractivity contribution in [3.63, 3.8) is 0 Å². The summed E-state index contributed by atoms with van der Waals surface area (Å²) in [6.07, 6.45) is 3.90. The third-order valence-electron chi connectivity index (χ3n) is 3.85. The lowest BCUT2D eigenvalue weighted by Gasteiger charge is -2.32. The fourth-order valence-electron chi connectivity index (χ4n) is 2.79. The molecule has 18 heavy (non-hydrogen) atoms. The fraction of sp³-hybridized carbons (Fsp3) is 0.733. The molecule has 1 aliphatic rings. The smallest absolute Gasteiger partial charge is 0.0219 e. The molecule has 0 unspecified atom stereocenters. The van der Waals surface area contributed by atoms with Gasteiger partial charge in [0.25, 0.3) is 0 Å². The van der Waals surface area contributed by atoms with Crippen LogP contribution in [0.2, 0.25) is 0 Å². The molecule has 1 fully saturated rings. The highest BCUT2D eigenvalue weighted by atomic mass is 32.1. The summed E-state index contributed by atoms with van der Waals surface area (Å²) >= 11 is 1.91. The second kappa shape index (κ2) is 6.69. The second-order valence-electron chi connectivity index (χ2n) is 5.44. The van der Waals surface area contributed by atoms with E-state index in [4.69, 9.17) is 0 Å². The number of piperidine rings is 1. The molecular formula is C15H26N2S. The zero-order chi connectivity index (χ0) is 13.0. The van der Waals surface area contributed by atoms with E-state index >= 15 is 0 Å². The summed E-state index contributed by atoms with van der Waals surface area (Å²) in [5.41, 5.74) is 1.49. The molecule has 2 nitrogen and oxygen atoms in total. The van der Waals surface area contributed by atoms with Crippen molar-refractivity contribution in [2.24, 2.45) is 0 Å². The van der Waals surface area contributed by atoms with E-state index in [1.807, 2.05) is 11.3 Å². The van der Waals surface area contributed by atoms with E-state index in [1.54, 1.807) is 0 Å². The molecule has 1 aromatic heterocycles.